The first-order chi connectivity index (χ1) is 33.7. The Hall–Kier alpha value is -8.79. The lowest BCUT2D eigenvalue weighted by atomic mass is 9.84. The second kappa shape index (κ2) is 19.4. The van der Waals surface area contributed by atoms with Crippen LogP contribution in [0.2, 0.25) is 0 Å². The second-order valence-corrected chi connectivity index (χ2v) is 17.0. The molecule has 1 aliphatic rings. The summed E-state index contributed by atoms with van der Waals surface area (Å²) in [5, 5.41) is 0. The molecule has 68 heavy (non-hydrogen) atoms. The van der Waals surface area contributed by atoms with Crippen molar-refractivity contribution in [1.29, 1.82) is 0 Å². The predicted octanol–water partition coefficient (Wildman–Crippen LogP) is 16.8. The summed E-state index contributed by atoms with van der Waals surface area (Å²) < 4.78 is 0. The van der Waals surface area contributed by atoms with Crippen molar-refractivity contribution in [3.63, 3.8) is 0 Å². The van der Waals surface area contributed by atoms with E-state index < -0.39 is 0 Å². The van der Waals surface area contributed by atoms with Crippen LogP contribution in [-0.4, -0.2) is 16.5 Å². The topological polar surface area (TPSA) is 37.6 Å². The molecule has 0 saturated heterocycles. The minimum atomic E-state index is 0.717. The van der Waals surface area contributed by atoms with E-state index in [1.165, 1.54) is 16.7 Å². The molecular formula is C65H47N3. The van der Waals surface area contributed by atoms with Crippen LogP contribution in [0.25, 0.3) is 83.8 Å². The SMILES string of the molecule is C1=C(/c2ccccc2)N=C(c2ccccc2)N=C(c2ccc(-c3c(-c4ccccc4)cc(-c4cccc(-c5cc(-c6ccccc6)nc(-c6ccccc6)c5)c4)cc3-c3ccccc3)cc2)CC/1. The Labute approximate surface area is 398 Å². The van der Waals surface area contributed by atoms with Gasteiger partial charge in [-0.2, -0.15) is 0 Å². The fourth-order valence-electron chi connectivity index (χ4n) is 9.16. The third-order valence-corrected chi connectivity index (χ3v) is 12.6. The number of pyridine rings is 1. The predicted molar refractivity (Wildman–Crippen MR) is 285 cm³/mol. The number of benzene rings is 9. The summed E-state index contributed by atoms with van der Waals surface area (Å²) in [4.78, 5) is 15.7. The Kier molecular flexibility index (Phi) is 11.9. The maximum Gasteiger partial charge on any atom is 0.160 e. The zero-order valence-electron chi connectivity index (χ0n) is 37.6. The van der Waals surface area contributed by atoms with Crippen molar-refractivity contribution in [1.82, 2.24) is 4.98 Å². The van der Waals surface area contributed by atoms with E-state index >= 15 is 0 Å². The van der Waals surface area contributed by atoms with Gasteiger partial charge in [-0.3, -0.25) is 0 Å². The summed E-state index contributed by atoms with van der Waals surface area (Å²) in [6.07, 6.45) is 3.87. The Morgan fingerprint density at radius 3 is 1.19 bits per heavy atom. The van der Waals surface area contributed by atoms with Gasteiger partial charge >= 0.3 is 0 Å². The fraction of sp³-hybridized carbons (Fsp3) is 0.0308. The number of allylic oxidation sites excluding steroid dienone is 1. The van der Waals surface area contributed by atoms with E-state index in [4.69, 9.17) is 15.0 Å². The maximum absolute atomic E-state index is 5.32. The molecule has 0 unspecified atom stereocenters. The average Bonchev–Trinajstić information content (AvgIpc) is 3.42. The highest BCUT2D eigenvalue weighted by molar-refractivity contribution is 6.14. The summed E-state index contributed by atoms with van der Waals surface area (Å²) in [6.45, 7) is 0. The Morgan fingerprint density at radius 1 is 0.279 bits per heavy atom. The zero-order valence-corrected chi connectivity index (χ0v) is 37.6. The van der Waals surface area contributed by atoms with Crippen LogP contribution in [0.4, 0.5) is 0 Å². The van der Waals surface area contributed by atoms with Gasteiger partial charge in [-0.15, -0.1) is 0 Å². The first-order valence-corrected chi connectivity index (χ1v) is 23.3. The normalized spacial score (nSPS) is 13.3. The second-order valence-electron chi connectivity index (χ2n) is 17.0. The summed E-state index contributed by atoms with van der Waals surface area (Å²) in [5.41, 5.74) is 20.7. The molecule has 11 rings (SSSR count). The molecule has 0 N–H and O–H groups in total. The van der Waals surface area contributed by atoms with E-state index in [9.17, 15) is 0 Å². The molecule has 0 bridgehead atoms. The molecule has 1 aliphatic heterocycles. The summed E-state index contributed by atoms with van der Waals surface area (Å²) >= 11 is 0. The van der Waals surface area contributed by atoms with E-state index in [1.807, 2.05) is 36.4 Å². The van der Waals surface area contributed by atoms with Crippen molar-refractivity contribution >= 4 is 17.2 Å². The first kappa shape index (κ1) is 41.9. The van der Waals surface area contributed by atoms with Gasteiger partial charge in [-0.25, -0.2) is 15.0 Å². The van der Waals surface area contributed by atoms with Crippen molar-refractivity contribution in [3.05, 3.63) is 278 Å². The first-order valence-electron chi connectivity index (χ1n) is 23.3. The van der Waals surface area contributed by atoms with Crippen LogP contribution < -0.4 is 0 Å². The van der Waals surface area contributed by atoms with Gasteiger partial charge in [0, 0.05) is 16.7 Å². The molecule has 9 aromatic carbocycles. The summed E-state index contributed by atoms with van der Waals surface area (Å²) in [7, 11) is 0. The van der Waals surface area contributed by atoms with Crippen LogP contribution in [0.3, 0.4) is 0 Å². The number of rotatable bonds is 10. The van der Waals surface area contributed by atoms with Crippen LogP contribution in [-0.2, 0) is 0 Å². The average molecular weight is 870 g/mol. The number of aliphatic imine (C=N–C) groups is 2. The lowest BCUT2D eigenvalue weighted by Crippen LogP contribution is -2.09. The molecule has 0 aliphatic carbocycles. The molecule has 2 heterocycles. The largest absolute Gasteiger partial charge is 0.248 e. The Balaban J connectivity index is 1.03. The maximum atomic E-state index is 5.32. The van der Waals surface area contributed by atoms with E-state index in [-0.39, 0.29) is 0 Å². The van der Waals surface area contributed by atoms with Crippen LogP contribution >= 0.6 is 0 Å². The van der Waals surface area contributed by atoms with Crippen LogP contribution in [0.5, 0.6) is 0 Å². The lowest BCUT2D eigenvalue weighted by molar-refractivity contribution is 1.08. The minimum absolute atomic E-state index is 0.717. The molecule has 0 fully saturated rings. The van der Waals surface area contributed by atoms with Gasteiger partial charge in [0.1, 0.15) is 0 Å². The van der Waals surface area contributed by atoms with Gasteiger partial charge in [-0.05, 0) is 110 Å². The molecule has 0 amide bonds. The van der Waals surface area contributed by atoms with Crippen LogP contribution in [0, 0.1) is 0 Å². The van der Waals surface area contributed by atoms with Crippen LogP contribution in [0.15, 0.2) is 271 Å². The van der Waals surface area contributed by atoms with E-state index in [0.29, 0.717) is 5.84 Å². The van der Waals surface area contributed by atoms with Crippen molar-refractivity contribution in [2.45, 2.75) is 12.8 Å². The van der Waals surface area contributed by atoms with Crippen molar-refractivity contribution in [2.24, 2.45) is 9.98 Å². The van der Waals surface area contributed by atoms with Crippen LogP contribution in [0.1, 0.15) is 29.5 Å². The van der Waals surface area contributed by atoms with Gasteiger partial charge in [0.05, 0.1) is 22.8 Å². The standard InChI is InChI=1S/C65H47N3/c1-7-21-46(22-8-1)58-42-56(54-33-19-34-55(41-54)57-44-62(49-27-13-4-14-28-49)66-63(45-57)50-29-15-5-16-30-50)43-59(47-23-9-2-10-24-47)64(58)52-39-37-51(38-40-52)61-36-20-35-60(48-25-11-3-12-26-48)67-65(68-61)53-31-17-6-18-32-53/h1-19,21-35,37-45H,20,36H2/b60-35-,67-65?,68-61?. The van der Waals surface area contributed by atoms with Gasteiger partial charge in [-0.1, -0.05) is 231 Å². The molecule has 322 valence electrons. The lowest BCUT2D eigenvalue weighted by Gasteiger charge is -2.20. The van der Waals surface area contributed by atoms with Crippen molar-refractivity contribution < 1.29 is 0 Å². The van der Waals surface area contributed by atoms with Gasteiger partial charge < -0.3 is 0 Å². The van der Waals surface area contributed by atoms with Crippen molar-refractivity contribution in [2.75, 3.05) is 0 Å². The van der Waals surface area contributed by atoms with E-state index in [0.717, 1.165) is 102 Å². The van der Waals surface area contributed by atoms with E-state index in [2.05, 4.69) is 224 Å². The highest BCUT2D eigenvalue weighted by Gasteiger charge is 2.19. The van der Waals surface area contributed by atoms with E-state index in [1.54, 1.807) is 0 Å². The molecule has 10 aromatic rings. The third-order valence-electron chi connectivity index (χ3n) is 12.6. The zero-order chi connectivity index (χ0) is 45.5. The van der Waals surface area contributed by atoms with Gasteiger partial charge in [0.2, 0.25) is 0 Å². The van der Waals surface area contributed by atoms with Gasteiger partial charge in [0.25, 0.3) is 0 Å². The molecule has 0 spiro atoms. The Morgan fingerprint density at radius 2 is 0.691 bits per heavy atom. The highest BCUT2D eigenvalue weighted by atomic mass is 14.9. The fourth-order valence-corrected chi connectivity index (χ4v) is 9.16. The monoisotopic (exact) mass is 869 g/mol. The third kappa shape index (κ3) is 9.07. The Bertz CT molecular complexity index is 3320. The number of hydrogen-bond donors (Lipinski definition) is 0. The molecule has 3 heteroatoms. The summed E-state index contributed by atoms with van der Waals surface area (Å²) in [5.74, 6) is 0.717. The number of amidine groups is 1. The molecule has 0 radical (unpaired) electrons. The molecular weight excluding hydrogens is 823 g/mol. The number of nitrogens with zero attached hydrogens (tertiary/aromatic N) is 3. The summed E-state index contributed by atoms with van der Waals surface area (Å²) in [6, 6.07) is 90.4. The molecule has 0 atom stereocenters. The quantitative estimate of drug-likeness (QED) is 0.135. The number of aromatic nitrogens is 1. The molecule has 3 nitrogen and oxygen atoms in total. The smallest absolute Gasteiger partial charge is 0.160 e. The molecule has 0 saturated carbocycles. The van der Waals surface area contributed by atoms with Gasteiger partial charge in [0.15, 0.2) is 5.84 Å². The molecule has 1 aromatic heterocycles. The highest BCUT2D eigenvalue weighted by Crippen LogP contribution is 2.44. The minimum Gasteiger partial charge on any atom is -0.248 e. The number of hydrogen-bond acceptors (Lipinski definition) is 3. The van der Waals surface area contributed by atoms with Crippen molar-refractivity contribution in [3.8, 4) is 78.1 Å².